The van der Waals surface area contributed by atoms with Crippen LogP contribution in [-0.2, 0) is 0 Å². The maximum absolute atomic E-state index is 4.14. The highest BCUT2D eigenvalue weighted by Gasteiger charge is 2.07. The summed E-state index contributed by atoms with van der Waals surface area (Å²) in [5, 5.41) is 0. The summed E-state index contributed by atoms with van der Waals surface area (Å²) >= 11 is 0. The van der Waals surface area contributed by atoms with E-state index in [0.717, 1.165) is 12.3 Å². The molecule has 13 heavy (non-hydrogen) atoms. The zero-order valence-corrected chi connectivity index (χ0v) is 9.73. The third-order valence-electron chi connectivity index (χ3n) is 2.93. The molecule has 0 bridgehead atoms. The van der Waals surface area contributed by atoms with Gasteiger partial charge in [-0.25, -0.2) is 0 Å². The Morgan fingerprint density at radius 1 is 1.08 bits per heavy atom. The average molecular weight is 182 g/mol. The molecule has 0 aliphatic heterocycles. The van der Waals surface area contributed by atoms with Crippen molar-refractivity contribution in [3.8, 4) is 0 Å². The Kier molecular flexibility index (Phi) is 8.18. The topological polar surface area (TPSA) is 0 Å². The Morgan fingerprint density at radius 2 is 1.77 bits per heavy atom. The zero-order chi connectivity index (χ0) is 10.1. The van der Waals surface area contributed by atoms with Crippen molar-refractivity contribution in [1.29, 1.82) is 0 Å². The highest BCUT2D eigenvalue weighted by Crippen LogP contribution is 2.22. The minimum atomic E-state index is 0.793. The highest BCUT2D eigenvalue weighted by atomic mass is 14.1. The molecule has 1 unspecified atom stereocenters. The van der Waals surface area contributed by atoms with E-state index in [2.05, 4.69) is 27.4 Å². The second kappa shape index (κ2) is 8.34. The first-order valence-corrected chi connectivity index (χ1v) is 5.93. The van der Waals surface area contributed by atoms with Gasteiger partial charge in [-0.3, -0.25) is 0 Å². The van der Waals surface area contributed by atoms with Crippen molar-refractivity contribution in [2.24, 2.45) is 5.92 Å². The van der Waals surface area contributed by atoms with Crippen LogP contribution in [0.1, 0.15) is 65.7 Å². The fourth-order valence-corrected chi connectivity index (χ4v) is 1.80. The number of rotatable bonds is 8. The van der Waals surface area contributed by atoms with Crippen molar-refractivity contribution < 1.29 is 0 Å². The molecule has 0 aliphatic carbocycles. The van der Waals surface area contributed by atoms with Gasteiger partial charge in [0, 0.05) is 0 Å². The molecule has 1 atom stereocenters. The van der Waals surface area contributed by atoms with Crippen LogP contribution in [0, 0.1) is 5.92 Å². The van der Waals surface area contributed by atoms with Gasteiger partial charge in [0.05, 0.1) is 0 Å². The molecule has 0 aromatic heterocycles. The number of hydrogen-bond acceptors (Lipinski definition) is 0. The molecular formula is C13H26. The fourth-order valence-electron chi connectivity index (χ4n) is 1.80. The normalized spacial score (nSPS) is 12.8. The molecule has 0 nitrogen and oxygen atoms in total. The number of unbranched alkanes of at least 4 members (excludes halogenated alkanes) is 3. The van der Waals surface area contributed by atoms with Crippen LogP contribution in [0.2, 0.25) is 0 Å². The summed E-state index contributed by atoms with van der Waals surface area (Å²) in [6.07, 6.45) is 9.34. The Balaban J connectivity index is 3.53. The zero-order valence-electron chi connectivity index (χ0n) is 9.73. The minimum Gasteiger partial charge on any atom is -0.0996 e. The van der Waals surface area contributed by atoms with Crippen molar-refractivity contribution in [1.82, 2.24) is 0 Å². The van der Waals surface area contributed by atoms with E-state index in [9.17, 15) is 0 Å². The molecule has 0 heterocycles. The fraction of sp³-hybridized carbons (Fsp3) is 0.846. The van der Waals surface area contributed by atoms with Crippen molar-refractivity contribution in [3.63, 3.8) is 0 Å². The van der Waals surface area contributed by atoms with Gasteiger partial charge in [-0.05, 0) is 25.2 Å². The van der Waals surface area contributed by atoms with Gasteiger partial charge in [0.1, 0.15) is 0 Å². The SMILES string of the molecule is C=C(CC)C(CC)CCCCCC. The lowest BCUT2D eigenvalue weighted by Gasteiger charge is -2.16. The first-order chi connectivity index (χ1) is 6.26. The lowest BCUT2D eigenvalue weighted by atomic mass is 9.90. The van der Waals surface area contributed by atoms with Crippen molar-refractivity contribution in [3.05, 3.63) is 12.2 Å². The number of allylic oxidation sites excluding steroid dienone is 1. The second-order valence-corrected chi connectivity index (χ2v) is 3.97. The van der Waals surface area contributed by atoms with Crippen LogP contribution in [0.15, 0.2) is 12.2 Å². The number of hydrogen-bond donors (Lipinski definition) is 0. The molecule has 0 heteroatoms. The molecule has 0 N–H and O–H groups in total. The molecule has 0 saturated carbocycles. The van der Waals surface area contributed by atoms with Crippen molar-refractivity contribution >= 4 is 0 Å². The molecule has 0 radical (unpaired) electrons. The Morgan fingerprint density at radius 3 is 2.23 bits per heavy atom. The monoisotopic (exact) mass is 182 g/mol. The molecule has 0 amide bonds. The van der Waals surface area contributed by atoms with Crippen LogP contribution in [-0.4, -0.2) is 0 Å². The molecule has 0 saturated heterocycles. The standard InChI is InChI=1S/C13H26/c1-5-8-9-10-11-13(7-3)12(4)6-2/h13H,4-11H2,1-3H3. The van der Waals surface area contributed by atoms with E-state index in [4.69, 9.17) is 0 Å². The van der Waals surface area contributed by atoms with Crippen LogP contribution in [0.4, 0.5) is 0 Å². The second-order valence-electron chi connectivity index (χ2n) is 3.97. The van der Waals surface area contributed by atoms with Gasteiger partial charge in [-0.15, -0.1) is 0 Å². The molecule has 78 valence electrons. The summed E-state index contributed by atoms with van der Waals surface area (Å²) in [5.74, 6) is 0.793. The summed E-state index contributed by atoms with van der Waals surface area (Å²) in [5.41, 5.74) is 1.46. The molecule has 0 aromatic carbocycles. The van der Waals surface area contributed by atoms with Crippen LogP contribution in [0.5, 0.6) is 0 Å². The van der Waals surface area contributed by atoms with Gasteiger partial charge >= 0.3 is 0 Å². The van der Waals surface area contributed by atoms with E-state index in [1.807, 2.05) is 0 Å². The first-order valence-electron chi connectivity index (χ1n) is 5.93. The van der Waals surface area contributed by atoms with E-state index in [1.165, 1.54) is 44.1 Å². The van der Waals surface area contributed by atoms with Crippen molar-refractivity contribution in [2.45, 2.75) is 65.7 Å². The molecular weight excluding hydrogens is 156 g/mol. The molecule has 0 spiro atoms. The smallest absolute Gasteiger partial charge is 0.0209 e. The average Bonchev–Trinajstić information content (AvgIpc) is 2.17. The van der Waals surface area contributed by atoms with Crippen LogP contribution in [0.25, 0.3) is 0 Å². The lowest BCUT2D eigenvalue weighted by Crippen LogP contribution is -2.01. The summed E-state index contributed by atoms with van der Waals surface area (Å²) in [4.78, 5) is 0. The van der Waals surface area contributed by atoms with Crippen LogP contribution >= 0.6 is 0 Å². The van der Waals surface area contributed by atoms with Gasteiger partial charge in [0.2, 0.25) is 0 Å². The van der Waals surface area contributed by atoms with Gasteiger partial charge in [0.15, 0.2) is 0 Å². The first kappa shape index (κ1) is 12.7. The predicted molar refractivity (Wildman–Crippen MR) is 62.0 cm³/mol. The van der Waals surface area contributed by atoms with Crippen molar-refractivity contribution in [2.75, 3.05) is 0 Å². The summed E-state index contributed by atoms with van der Waals surface area (Å²) in [6, 6.07) is 0. The van der Waals surface area contributed by atoms with Crippen LogP contribution < -0.4 is 0 Å². The van der Waals surface area contributed by atoms with E-state index in [0.29, 0.717) is 0 Å². The lowest BCUT2D eigenvalue weighted by molar-refractivity contribution is 0.489. The summed E-state index contributed by atoms with van der Waals surface area (Å²) < 4.78 is 0. The predicted octanol–water partition coefficient (Wildman–Crippen LogP) is 4.95. The Labute approximate surface area is 84.4 Å². The molecule has 0 rings (SSSR count). The Bertz CT molecular complexity index is 124. The largest absolute Gasteiger partial charge is 0.0996 e. The highest BCUT2D eigenvalue weighted by molar-refractivity contribution is 4.98. The van der Waals surface area contributed by atoms with E-state index < -0.39 is 0 Å². The van der Waals surface area contributed by atoms with Crippen LogP contribution in [0.3, 0.4) is 0 Å². The van der Waals surface area contributed by atoms with E-state index in [1.54, 1.807) is 0 Å². The van der Waals surface area contributed by atoms with E-state index >= 15 is 0 Å². The maximum Gasteiger partial charge on any atom is -0.0209 e. The molecule has 0 aromatic rings. The third-order valence-corrected chi connectivity index (χ3v) is 2.93. The third kappa shape index (κ3) is 5.90. The quantitative estimate of drug-likeness (QED) is 0.368. The molecule has 0 fully saturated rings. The minimum absolute atomic E-state index is 0.793. The van der Waals surface area contributed by atoms with Gasteiger partial charge in [0.25, 0.3) is 0 Å². The summed E-state index contributed by atoms with van der Waals surface area (Å²) in [6.45, 7) is 10.9. The summed E-state index contributed by atoms with van der Waals surface area (Å²) in [7, 11) is 0. The Hall–Kier alpha value is -0.260. The molecule has 0 aliphatic rings. The van der Waals surface area contributed by atoms with Gasteiger partial charge in [-0.1, -0.05) is 58.6 Å². The van der Waals surface area contributed by atoms with E-state index in [-0.39, 0.29) is 0 Å². The van der Waals surface area contributed by atoms with Gasteiger partial charge < -0.3 is 0 Å². The maximum atomic E-state index is 4.14. The van der Waals surface area contributed by atoms with Gasteiger partial charge in [-0.2, -0.15) is 0 Å².